The van der Waals surface area contributed by atoms with Gasteiger partial charge in [-0.05, 0) is 25.0 Å². The molecule has 4 aromatic rings. The first-order chi connectivity index (χ1) is 17.3. The Bertz CT molecular complexity index is 1480. The lowest BCUT2D eigenvalue weighted by Gasteiger charge is -2.17. The number of pyridine rings is 1. The van der Waals surface area contributed by atoms with Crippen LogP contribution >= 0.6 is 0 Å². The van der Waals surface area contributed by atoms with Gasteiger partial charge < -0.3 is 19.2 Å². The van der Waals surface area contributed by atoms with Crippen LogP contribution in [0.4, 0.5) is 14.5 Å². The van der Waals surface area contributed by atoms with Crippen molar-refractivity contribution in [3.8, 4) is 11.5 Å². The maximum Gasteiger partial charge on any atom is 0.247 e. The maximum atomic E-state index is 15.2. The van der Waals surface area contributed by atoms with Gasteiger partial charge in [-0.1, -0.05) is 6.58 Å². The average molecular weight is 495 g/mol. The van der Waals surface area contributed by atoms with Gasteiger partial charge in [0.1, 0.15) is 5.52 Å². The van der Waals surface area contributed by atoms with Crippen LogP contribution < -0.4 is 14.8 Å². The van der Waals surface area contributed by atoms with Crippen LogP contribution in [-0.4, -0.2) is 39.9 Å². The molecule has 9 nitrogen and oxygen atoms in total. The highest BCUT2D eigenvalue weighted by Gasteiger charge is 2.54. The third kappa shape index (κ3) is 3.86. The summed E-state index contributed by atoms with van der Waals surface area (Å²) in [7, 11) is 4.36. The first-order valence-corrected chi connectivity index (χ1v) is 11.1. The number of aryl methyl sites for hydroxylation is 1. The molecule has 1 N–H and O–H groups in total. The van der Waals surface area contributed by atoms with Crippen molar-refractivity contribution >= 4 is 22.7 Å². The van der Waals surface area contributed by atoms with Crippen LogP contribution in [0.25, 0.3) is 11.1 Å². The topological polar surface area (TPSA) is 104 Å². The summed E-state index contributed by atoms with van der Waals surface area (Å²) < 4.78 is 48.2. The van der Waals surface area contributed by atoms with Gasteiger partial charge in [-0.3, -0.25) is 14.5 Å². The van der Waals surface area contributed by atoms with E-state index in [-0.39, 0.29) is 28.9 Å². The molecule has 11 heteroatoms. The van der Waals surface area contributed by atoms with Gasteiger partial charge >= 0.3 is 0 Å². The molecule has 0 atom stereocenters. The predicted molar refractivity (Wildman–Crippen MR) is 126 cm³/mol. The van der Waals surface area contributed by atoms with Crippen LogP contribution in [0.2, 0.25) is 0 Å². The summed E-state index contributed by atoms with van der Waals surface area (Å²) in [5, 5.41) is 7.12. The van der Waals surface area contributed by atoms with Crippen LogP contribution in [0.3, 0.4) is 0 Å². The normalized spacial score (nSPS) is 14.0. The van der Waals surface area contributed by atoms with E-state index in [0.29, 0.717) is 47.4 Å². The third-order valence-corrected chi connectivity index (χ3v) is 6.24. The van der Waals surface area contributed by atoms with E-state index < -0.39 is 17.0 Å². The van der Waals surface area contributed by atoms with Crippen LogP contribution in [-0.2, 0) is 23.7 Å². The van der Waals surface area contributed by atoms with Crippen molar-refractivity contribution in [2.24, 2.45) is 7.05 Å². The second-order valence-electron chi connectivity index (χ2n) is 8.56. The third-order valence-electron chi connectivity index (χ3n) is 6.24. The quantitative estimate of drug-likeness (QED) is 0.368. The van der Waals surface area contributed by atoms with E-state index in [0.717, 1.165) is 0 Å². The number of rotatable bonds is 8. The molecule has 1 saturated carbocycles. The summed E-state index contributed by atoms with van der Waals surface area (Å²) in [6, 6.07) is 2.90. The number of methoxy groups -OCH3 is 2. The van der Waals surface area contributed by atoms with Crippen molar-refractivity contribution in [3.63, 3.8) is 0 Å². The smallest absolute Gasteiger partial charge is 0.247 e. The van der Waals surface area contributed by atoms with Crippen LogP contribution in [0.5, 0.6) is 11.5 Å². The van der Waals surface area contributed by atoms with Gasteiger partial charge in [0.05, 0.1) is 37.2 Å². The number of aromatic nitrogens is 4. The highest BCUT2D eigenvalue weighted by molar-refractivity contribution is 5.99. The van der Waals surface area contributed by atoms with Gasteiger partial charge in [-0.2, -0.15) is 5.10 Å². The summed E-state index contributed by atoms with van der Waals surface area (Å²) in [6.07, 6.45) is 5.59. The molecule has 1 fully saturated rings. The van der Waals surface area contributed by atoms with E-state index in [1.165, 1.54) is 32.6 Å². The largest absolute Gasteiger partial charge is 0.494 e. The molecule has 1 aliphatic carbocycles. The SMILES string of the molecule is C=CC(=O)Nc1cn(C)nc1Cc1cc2nc(C3(c4c(F)c(OC)cc(OC)c4F)CC3)oc2cn1. The minimum atomic E-state index is -1.07. The second kappa shape index (κ2) is 8.74. The zero-order chi connectivity index (χ0) is 25.6. The van der Waals surface area contributed by atoms with E-state index in [1.54, 1.807) is 24.0 Å². The number of ether oxygens (including phenoxy) is 2. The second-order valence-corrected chi connectivity index (χ2v) is 8.56. The molecule has 1 aliphatic rings. The van der Waals surface area contributed by atoms with Gasteiger partial charge in [0, 0.05) is 37.0 Å². The Morgan fingerprint density at radius 2 is 1.94 bits per heavy atom. The lowest BCUT2D eigenvalue weighted by Crippen LogP contribution is -2.16. The number of nitrogens with one attached hydrogen (secondary N) is 1. The zero-order valence-corrected chi connectivity index (χ0v) is 19.9. The molecule has 0 radical (unpaired) electrons. The molecule has 36 heavy (non-hydrogen) atoms. The Balaban J connectivity index is 1.51. The van der Waals surface area contributed by atoms with Crippen molar-refractivity contribution < 1.29 is 27.5 Å². The molecule has 3 heterocycles. The molecule has 5 rings (SSSR count). The number of carbonyl (C=O) groups excluding carboxylic acids is 1. The lowest BCUT2D eigenvalue weighted by atomic mass is 9.93. The molecule has 0 aliphatic heterocycles. The number of hydrogen-bond donors (Lipinski definition) is 1. The van der Waals surface area contributed by atoms with E-state index in [1.807, 2.05) is 0 Å². The first kappa shape index (κ1) is 23.5. The van der Waals surface area contributed by atoms with Crippen molar-refractivity contribution in [3.05, 3.63) is 71.7 Å². The standard InChI is InChI=1S/C25H23F2N5O4/c1-5-20(33)29-16-12-32(2)31-14(16)8-13-9-15-19(11-28-13)36-24(30-15)25(6-7-25)21-22(26)17(34-3)10-18(35-4)23(21)27/h5,9-12H,1,6-8H2,2-4H3,(H,29,33). The van der Waals surface area contributed by atoms with Gasteiger partial charge in [-0.15, -0.1) is 0 Å². The molecule has 0 saturated heterocycles. The van der Waals surface area contributed by atoms with Crippen LogP contribution in [0.1, 0.15) is 35.7 Å². The number of amides is 1. The molecule has 3 aromatic heterocycles. The van der Waals surface area contributed by atoms with E-state index in [9.17, 15) is 4.79 Å². The van der Waals surface area contributed by atoms with E-state index >= 15 is 8.78 Å². The number of nitrogens with zero attached hydrogens (tertiary/aromatic N) is 4. The summed E-state index contributed by atoms with van der Waals surface area (Å²) in [4.78, 5) is 20.7. The van der Waals surface area contributed by atoms with E-state index in [2.05, 4.69) is 27.0 Å². The number of carbonyl (C=O) groups is 1. The molecule has 1 aromatic carbocycles. The van der Waals surface area contributed by atoms with Gasteiger partial charge in [0.25, 0.3) is 0 Å². The van der Waals surface area contributed by atoms with Gasteiger partial charge in [0.2, 0.25) is 11.8 Å². The monoisotopic (exact) mass is 495 g/mol. The minimum Gasteiger partial charge on any atom is -0.494 e. The van der Waals surface area contributed by atoms with Crippen molar-refractivity contribution in [1.29, 1.82) is 0 Å². The van der Waals surface area contributed by atoms with Gasteiger partial charge in [-0.25, -0.2) is 13.8 Å². The van der Waals surface area contributed by atoms with Crippen molar-refractivity contribution in [2.75, 3.05) is 19.5 Å². The molecular formula is C25H23F2N5O4. The highest BCUT2D eigenvalue weighted by atomic mass is 19.1. The van der Waals surface area contributed by atoms with Crippen molar-refractivity contribution in [2.45, 2.75) is 24.7 Å². The summed E-state index contributed by atoms with van der Waals surface area (Å²) >= 11 is 0. The lowest BCUT2D eigenvalue weighted by molar-refractivity contribution is -0.111. The number of oxazole rings is 1. The Morgan fingerprint density at radius 1 is 1.25 bits per heavy atom. The summed E-state index contributed by atoms with van der Waals surface area (Å²) in [5.74, 6) is -2.01. The van der Waals surface area contributed by atoms with E-state index in [4.69, 9.17) is 13.9 Å². The van der Waals surface area contributed by atoms with Crippen LogP contribution in [0.15, 0.2) is 41.6 Å². The number of fused-ring (bicyclic) bond motifs is 1. The zero-order valence-electron chi connectivity index (χ0n) is 19.9. The Labute approximate surface area is 204 Å². The fourth-order valence-corrected chi connectivity index (χ4v) is 4.30. The highest BCUT2D eigenvalue weighted by Crippen LogP contribution is 2.56. The van der Waals surface area contributed by atoms with Crippen LogP contribution in [0, 0.1) is 11.6 Å². The Kier molecular flexibility index (Phi) is 5.70. The molecule has 1 amide bonds. The van der Waals surface area contributed by atoms with Gasteiger partial charge in [0.15, 0.2) is 28.7 Å². The molecule has 0 bridgehead atoms. The first-order valence-electron chi connectivity index (χ1n) is 11.1. The number of benzene rings is 1. The predicted octanol–water partition coefficient (Wildman–Crippen LogP) is 4.05. The average Bonchev–Trinajstić information content (AvgIpc) is 3.42. The minimum absolute atomic E-state index is 0.121. The summed E-state index contributed by atoms with van der Waals surface area (Å²) in [6.45, 7) is 3.46. The molecule has 0 unspecified atom stereocenters. The fourth-order valence-electron chi connectivity index (χ4n) is 4.30. The molecule has 186 valence electrons. The number of hydrogen-bond acceptors (Lipinski definition) is 7. The Hall–Kier alpha value is -4.28. The molecule has 0 spiro atoms. The number of anilines is 1. The van der Waals surface area contributed by atoms with Crippen molar-refractivity contribution in [1.82, 2.24) is 19.7 Å². The number of halogens is 2. The maximum absolute atomic E-state index is 15.2. The molecular weight excluding hydrogens is 472 g/mol. The summed E-state index contributed by atoms with van der Waals surface area (Å²) in [5.41, 5.74) is 1.39. The Morgan fingerprint density at radius 3 is 2.56 bits per heavy atom. The fraction of sp³-hybridized carbons (Fsp3) is 0.280.